The zero-order chi connectivity index (χ0) is 12.6. The SMILES string of the molecule is CCCNC(CCS(C)(=O)=O)CC(C)OC. The molecule has 0 aromatic heterocycles. The summed E-state index contributed by atoms with van der Waals surface area (Å²) >= 11 is 0. The molecule has 0 fully saturated rings. The largest absolute Gasteiger partial charge is 0.382 e. The van der Waals surface area contributed by atoms with Crippen LogP contribution >= 0.6 is 0 Å². The molecule has 0 amide bonds. The van der Waals surface area contributed by atoms with E-state index in [1.165, 1.54) is 6.26 Å². The van der Waals surface area contributed by atoms with Crippen LogP contribution in [0.2, 0.25) is 0 Å². The molecule has 0 aromatic rings. The Kier molecular flexibility index (Phi) is 7.97. The van der Waals surface area contributed by atoms with Crippen molar-refractivity contribution in [2.24, 2.45) is 0 Å². The summed E-state index contributed by atoms with van der Waals surface area (Å²) in [5.41, 5.74) is 0. The molecule has 5 heteroatoms. The number of sulfone groups is 1. The van der Waals surface area contributed by atoms with Gasteiger partial charge in [0.25, 0.3) is 0 Å². The third-order valence-corrected chi connectivity index (χ3v) is 3.52. The smallest absolute Gasteiger partial charge is 0.147 e. The third kappa shape index (κ3) is 9.12. The fourth-order valence-corrected chi connectivity index (χ4v) is 2.22. The van der Waals surface area contributed by atoms with Crippen molar-refractivity contribution in [2.75, 3.05) is 25.7 Å². The normalized spacial score (nSPS) is 16.0. The predicted octanol–water partition coefficient (Wildman–Crippen LogP) is 1.21. The van der Waals surface area contributed by atoms with Crippen molar-refractivity contribution >= 4 is 9.84 Å². The highest BCUT2D eigenvalue weighted by Gasteiger charge is 2.14. The standard InChI is InChI=1S/C11H25NO3S/c1-5-7-12-11(9-10(2)15-3)6-8-16(4,13)14/h10-12H,5-9H2,1-4H3. The fourth-order valence-electron chi connectivity index (χ4n) is 1.50. The topological polar surface area (TPSA) is 55.4 Å². The van der Waals surface area contributed by atoms with Crippen molar-refractivity contribution in [3.05, 3.63) is 0 Å². The van der Waals surface area contributed by atoms with Crippen LogP contribution in [0.15, 0.2) is 0 Å². The summed E-state index contributed by atoms with van der Waals surface area (Å²) in [6.45, 7) is 5.02. The monoisotopic (exact) mass is 251 g/mol. The van der Waals surface area contributed by atoms with E-state index >= 15 is 0 Å². The van der Waals surface area contributed by atoms with Gasteiger partial charge in [0, 0.05) is 19.4 Å². The molecule has 2 atom stereocenters. The van der Waals surface area contributed by atoms with Gasteiger partial charge in [0.15, 0.2) is 0 Å². The second kappa shape index (κ2) is 8.03. The van der Waals surface area contributed by atoms with Crippen LogP contribution in [0.5, 0.6) is 0 Å². The molecular weight excluding hydrogens is 226 g/mol. The van der Waals surface area contributed by atoms with Gasteiger partial charge in [-0.1, -0.05) is 6.92 Å². The van der Waals surface area contributed by atoms with Gasteiger partial charge in [0.1, 0.15) is 9.84 Å². The van der Waals surface area contributed by atoms with Crippen LogP contribution in [0, 0.1) is 0 Å². The predicted molar refractivity (Wildman–Crippen MR) is 67.5 cm³/mol. The van der Waals surface area contributed by atoms with Gasteiger partial charge in [-0.3, -0.25) is 0 Å². The van der Waals surface area contributed by atoms with Crippen LogP contribution in [0.25, 0.3) is 0 Å². The Labute approximate surface area is 99.7 Å². The molecule has 0 aliphatic carbocycles. The van der Waals surface area contributed by atoms with Gasteiger partial charge in [0.2, 0.25) is 0 Å². The van der Waals surface area contributed by atoms with Gasteiger partial charge in [-0.15, -0.1) is 0 Å². The summed E-state index contributed by atoms with van der Waals surface area (Å²) in [6.07, 6.45) is 4.01. The first kappa shape index (κ1) is 15.9. The molecule has 0 aromatic carbocycles. The quantitative estimate of drug-likeness (QED) is 0.669. The Balaban J connectivity index is 4.09. The first-order valence-corrected chi connectivity index (χ1v) is 7.89. The van der Waals surface area contributed by atoms with E-state index < -0.39 is 9.84 Å². The molecule has 0 aliphatic rings. The zero-order valence-corrected chi connectivity index (χ0v) is 11.6. The number of ether oxygens (including phenoxy) is 1. The van der Waals surface area contributed by atoms with Gasteiger partial charge in [-0.2, -0.15) is 0 Å². The average Bonchev–Trinajstić information content (AvgIpc) is 2.20. The van der Waals surface area contributed by atoms with Gasteiger partial charge in [-0.25, -0.2) is 8.42 Å². The van der Waals surface area contributed by atoms with E-state index in [0.717, 1.165) is 19.4 Å². The van der Waals surface area contributed by atoms with E-state index in [2.05, 4.69) is 12.2 Å². The summed E-state index contributed by atoms with van der Waals surface area (Å²) in [4.78, 5) is 0. The van der Waals surface area contributed by atoms with Crippen LogP contribution in [0.3, 0.4) is 0 Å². The van der Waals surface area contributed by atoms with Crippen LogP contribution in [-0.4, -0.2) is 46.2 Å². The highest BCUT2D eigenvalue weighted by Crippen LogP contribution is 2.06. The minimum Gasteiger partial charge on any atom is -0.382 e. The molecule has 0 aliphatic heterocycles. The lowest BCUT2D eigenvalue weighted by molar-refractivity contribution is 0.0999. The van der Waals surface area contributed by atoms with E-state index in [0.29, 0.717) is 6.42 Å². The molecule has 0 saturated heterocycles. The summed E-state index contributed by atoms with van der Waals surface area (Å²) < 4.78 is 27.4. The third-order valence-electron chi connectivity index (χ3n) is 2.54. The molecule has 4 nitrogen and oxygen atoms in total. The molecule has 16 heavy (non-hydrogen) atoms. The highest BCUT2D eigenvalue weighted by molar-refractivity contribution is 7.90. The second-order valence-corrected chi connectivity index (χ2v) is 6.61. The number of methoxy groups -OCH3 is 1. The second-order valence-electron chi connectivity index (χ2n) is 4.35. The number of hydrogen-bond acceptors (Lipinski definition) is 4. The molecule has 2 unspecified atom stereocenters. The van der Waals surface area contributed by atoms with E-state index in [1.54, 1.807) is 7.11 Å². The lowest BCUT2D eigenvalue weighted by atomic mass is 10.1. The molecular formula is C11H25NO3S. The van der Waals surface area contributed by atoms with Gasteiger partial charge < -0.3 is 10.1 Å². The van der Waals surface area contributed by atoms with Crippen molar-refractivity contribution < 1.29 is 13.2 Å². The molecule has 0 rings (SSSR count). The highest BCUT2D eigenvalue weighted by atomic mass is 32.2. The number of hydrogen-bond donors (Lipinski definition) is 1. The minimum atomic E-state index is -2.87. The van der Waals surface area contributed by atoms with Gasteiger partial charge in [-0.05, 0) is 32.7 Å². The maximum atomic E-state index is 11.1. The molecule has 0 heterocycles. The molecule has 0 saturated carbocycles. The van der Waals surface area contributed by atoms with Crippen LogP contribution in [-0.2, 0) is 14.6 Å². The lowest BCUT2D eigenvalue weighted by Crippen LogP contribution is -2.34. The fraction of sp³-hybridized carbons (Fsp3) is 1.00. The molecule has 0 spiro atoms. The summed E-state index contributed by atoms with van der Waals surface area (Å²) in [5.74, 6) is 0.241. The van der Waals surface area contributed by atoms with E-state index in [4.69, 9.17) is 4.74 Å². The first-order chi connectivity index (χ1) is 7.39. The molecule has 0 bridgehead atoms. The van der Waals surface area contributed by atoms with Gasteiger partial charge in [0.05, 0.1) is 11.9 Å². The zero-order valence-electron chi connectivity index (χ0n) is 10.8. The van der Waals surface area contributed by atoms with Gasteiger partial charge >= 0.3 is 0 Å². The van der Waals surface area contributed by atoms with E-state index in [9.17, 15) is 8.42 Å². The Morgan fingerprint density at radius 3 is 2.44 bits per heavy atom. The Morgan fingerprint density at radius 2 is 2.00 bits per heavy atom. The summed E-state index contributed by atoms with van der Waals surface area (Å²) in [5, 5.41) is 3.36. The first-order valence-electron chi connectivity index (χ1n) is 5.83. The molecule has 1 N–H and O–H groups in total. The maximum Gasteiger partial charge on any atom is 0.147 e. The maximum absolute atomic E-state index is 11.1. The van der Waals surface area contributed by atoms with Crippen molar-refractivity contribution in [1.29, 1.82) is 0 Å². The van der Waals surface area contributed by atoms with Crippen LogP contribution in [0.4, 0.5) is 0 Å². The molecule has 98 valence electrons. The summed E-state index contributed by atoms with van der Waals surface area (Å²) in [7, 11) is -1.19. The Morgan fingerprint density at radius 1 is 1.38 bits per heavy atom. The van der Waals surface area contributed by atoms with E-state index in [1.807, 2.05) is 6.92 Å². The Hall–Kier alpha value is -0.130. The van der Waals surface area contributed by atoms with Crippen molar-refractivity contribution in [2.45, 2.75) is 45.3 Å². The average molecular weight is 251 g/mol. The van der Waals surface area contributed by atoms with Crippen molar-refractivity contribution in [3.63, 3.8) is 0 Å². The van der Waals surface area contributed by atoms with Crippen LogP contribution < -0.4 is 5.32 Å². The lowest BCUT2D eigenvalue weighted by Gasteiger charge is -2.21. The van der Waals surface area contributed by atoms with Crippen molar-refractivity contribution in [1.82, 2.24) is 5.32 Å². The molecule has 0 radical (unpaired) electrons. The number of rotatable bonds is 9. The summed E-state index contributed by atoms with van der Waals surface area (Å²) in [6, 6.07) is 0.227. The Bertz CT molecular complexity index is 264. The van der Waals surface area contributed by atoms with E-state index in [-0.39, 0.29) is 17.9 Å². The van der Waals surface area contributed by atoms with Crippen LogP contribution in [0.1, 0.15) is 33.1 Å². The minimum absolute atomic E-state index is 0.161. The van der Waals surface area contributed by atoms with Crippen molar-refractivity contribution in [3.8, 4) is 0 Å². The number of nitrogens with one attached hydrogen (secondary N) is 1.